The maximum atomic E-state index is 15.1. The lowest BCUT2D eigenvalue weighted by Crippen LogP contribution is -2.37. The van der Waals surface area contributed by atoms with E-state index in [1.54, 1.807) is 24.3 Å². The minimum Gasteiger partial charge on any atom is -0.432 e. The van der Waals surface area contributed by atoms with Gasteiger partial charge < -0.3 is 4.74 Å². The molecule has 0 amide bonds. The lowest BCUT2D eigenvalue weighted by atomic mass is 9.76. The Balaban J connectivity index is 1.18. The minimum atomic E-state index is -3.33. The molecule has 0 unspecified atom stereocenters. The molecule has 5 rings (SSSR count). The summed E-state index contributed by atoms with van der Waals surface area (Å²) in [6, 6.07) is 16.2. The van der Waals surface area contributed by atoms with Crippen molar-refractivity contribution in [1.82, 2.24) is 0 Å². The van der Waals surface area contributed by atoms with E-state index in [0.717, 1.165) is 24.3 Å². The molecule has 0 heterocycles. The molecule has 6 heteroatoms. The molecular formula is C32H33ClF4O. The summed E-state index contributed by atoms with van der Waals surface area (Å²) < 4.78 is 64.1. The summed E-state index contributed by atoms with van der Waals surface area (Å²) in [5.74, 6) is -0.518. The van der Waals surface area contributed by atoms with Crippen LogP contribution >= 0.6 is 11.6 Å². The molecule has 0 spiro atoms. The van der Waals surface area contributed by atoms with E-state index >= 15 is 13.2 Å². The van der Waals surface area contributed by atoms with E-state index in [0.29, 0.717) is 35.4 Å². The van der Waals surface area contributed by atoms with Crippen LogP contribution < -0.4 is 4.74 Å². The zero-order valence-corrected chi connectivity index (χ0v) is 22.3. The van der Waals surface area contributed by atoms with Gasteiger partial charge in [-0.25, -0.2) is 8.78 Å². The molecule has 0 atom stereocenters. The second kappa shape index (κ2) is 11.3. The van der Waals surface area contributed by atoms with Crippen molar-refractivity contribution in [3.8, 4) is 16.9 Å². The fourth-order valence-corrected chi connectivity index (χ4v) is 6.21. The van der Waals surface area contributed by atoms with E-state index in [-0.39, 0.29) is 35.3 Å². The highest BCUT2D eigenvalue weighted by Crippen LogP contribution is 2.44. The molecular weight excluding hydrogens is 512 g/mol. The second-order valence-electron chi connectivity index (χ2n) is 11.1. The second-order valence-corrected chi connectivity index (χ2v) is 11.5. The standard InChI is InChI=1S/C32H33ClF4O/c1-20-2-4-21(5-3-20)24-10-16-28(30(34)18-24)23-6-12-26(13-7-23)32(36,37)38-27-14-8-22(9-15-27)25-11-17-29(33)31(35)19-25/h8-11,14-21,23,26H,2-7,12-13H2,1H3. The van der Waals surface area contributed by atoms with Crippen molar-refractivity contribution in [2.45, 2.75) is 76.2 Å². The monoisotopic (exact) mass is 544 g/mol. The third-order valence-electron chi connectivity index (χ3n) is 8.52. The fraction of sp³-hybridized carbons (Fsp3) is 0.438. The van der Waals surface area contributed by atoms with Crippen molar-refractivity contribution >= 4 is 11.6 Å². The molecule has 3 aromatic rings. The van der Waals surface area contributed by atoms with Gasteiger partial charge in [0.25, 0.3) is 0 Å². The zero-order valence-electron chi connectivity index (χ0n) is 21.5. The molecule has 0 saturated heterocycles. The van der Waals surface area contributed by atoms with E-state index in [4.69, 9.17) is 16.3 Å². The third-order valence-corrected chi connectivity index (χ3v) is 8.82. The van der Waals surface area contributed by atoms with Crippen LogP contribution in [0.4, 0.5) is 17.6 Å². The molecule has 0 N–H and O–H groups in total. The number of hydrogen-bond donors (Lipinski definition) is 0. The molecule has 1 nitrogen and oxygen atoms in total. The van der Waals surface area contributed by atoms with Crippen LogP contribution in [0.3, 0.4) is 0 Å². The van der Waals surface area contributed by atoms with Crippen molar-refractivity contribution in [3.05, 3.63) is 88.4 Å². The summed E-state index contributed by atoms with van der Waals surface area (Å²) in [6.45, 7) is 2.27. The molecule has 0 aromatic heterocycles. The molecule has 38 heavy (non-hydrogen) atoms. The Bertz CT molecular complexity index is 1240. The maximum absolute atomic E-state index is 15.1. The quantitative estimate of drug-likeness (QED) is 0.280. The van der Waals surface area contributed by atoms with E-state index in [9.17, 15) is 4.39 Å². The van der Waals surface area contributed by atoms with Crippen LogP contribution in [0.25, 0.3) is 11.1 Å². The summed E-state index contributed by atoms with van der Waals surface area (Å²) in [4.78, 5) is 0. The van der Waals surface area contributed by atoms with Gasteiger partial charge in [0.1, 0.15) is 17.4 Å². The first-order chi connectivity index (χ1) is 18.2. The molecule has 2 saturated carbocycles. The van der Waals surface area contributed by atoms with Crippen LogP contribution in [0.15, 0.2) is 60.7 Å². The molecule has 3 aromatic carbocycles. The average Bonchev–Trinajstić information content (AvgIpc) is 2.91. The smallest absolute Gasteiger partial charge is 0.400 e. The normalized spacial score (nSPS) is 24.3. The highest BCUT2D eigenvalue weighted by atomic mass is 35.5. The van der Waals surface area contributed by atoms with Crippen LogP contribution in [0, 0.1) is 23.5 Å². The van der Waals surface area contributed by atoms with Gasteiger partial charge in [0.15, 0.2) is 0 Å². The molecule has 0 radical (unpaired) electrons. The highest BCUT2D eigenvalue weighted by Gasteiger charge is 2.44. The third kappa shape index (κ3) is 6.03. The lowest BCUT2D eigenvalue weighted by Gasteiger charge is -2.33. The fourth-order valence-electron chi connectivity index (χ4n) is 6.09. The van der Waals surface area contributed by atoms with Gasteiger partial charge >= 0.3 is 6.11 Å². The van der Waals surface area contributed by atoms with E-state index in [1.807, 2.05) is 12.1 Å². The Morgan fingerprint density at radius 1 is 0.711 bits per heavy atom. The first-order valence-electron chi connectivity index (χ1n) is 13.6. The first kappa shape index (κ1) is 27.1. The number of rotatable bonds is 6. The van der Waals surface area contributed by atoms with Gasteiger partial charge in [0.2, 0.25) is 0 Å². The molecule has 2 aliphatic rings. The van der Waals surface area contributed by atoms with Gasteiger partial charge in [0.05, 0.1) is 10.9 Å². The first-order valence-corrected chi connectivity index (χ1v) is 14.0. The Hall–Kier alpha value is -2.53. The molecule has 202 valence electrons. The SMILES string of the molecule is CC1CCC(c2ccc(C3CCC(C(F)(F)Oc4ccc(-c5ccc(Cl)c(F)c5)cc4)CC3)c(F)c2)CC1. The van der Waals surface area contributed by atoms with Crippen molar-refractivity contribution in [2.24, 2.45) is 11.8 Å². The Morgan fingerprint density at radius 2 is 1.34 bits per heavy atom. The predicted octanol–water partition coefficient (Wildman–Crippen LogP) is 10.5. The molecule has 0 bridgehead atoms. The Kier molecular flexibility index (Phi) is 8.04. The van der Waals surface area contributed by atoms with Crippen LogP contribution in [-0.2, 0) is 0 Å². The largest absolute Gasteiger partial charge is 0.432 e. The summed E-state index contributed by atoms with van der Waals surface area (Å²) in [7, 11) is 0. The summed E-state index contributed by atoms with van der Waals surface area (Å²) in [6.07, 6.45) is 2.76. The van der Waals surface area contributed by atoms with E-state index < -0.39 is 17.8 Å². The van der Waals surface area contributed by atoms with Crippen molar-refractivity contribution in [1.29, 1.82) is 0 Å². The maximum Gasteiger partial charge on any atom is 0.400 e. The Labute approximate surface area is 227 Å². The number of hydrogen-bond acceptors (Lipinski definition) is 1. The van der Waals surface area contributed by atoms with E-state index in [2.05, 4.69) is 6.92 Å². The molecule has 2 fully saturated rings. The predicted molar refractivity (Wildman–Crippen MR) is 144 cm³/mol. The number of benzene rings is 3. The van der Waals surface area contributed by atoms with Gasteiger partial charge in [-0.1, -0.05) is 61.7 Å². The van der Waals surface area contributed by atoms with Crippen molar-refractivity contribution < 1.29 is 22.3 Å². The topological polar surface area (TPSA) is 9.23 Å². The van der Waals surface area contributed by atoms with Crippen molar-refractivity contribution in [2.75, 3.05) is 0 Å². The van der Waals surface area contributed by atoms with Crippen LogP contribution in [-0.4, -0.2) is 6.11 Å². The molecule has 2 aliphatic carbocycles. The van der Waals surface area contributed by atoms with Crippen LogP contribution in [0.2, 0.25) is 5.02 Å². The van der Waals surface area contributed by atoms with Crippen LogP contribution in [0.1, 0.15) is 81.3 Å². The number of alkyl halides is 2. The number of halogens is 5. The van der Waals surface area contributed by atoms with Gasteiger partial charge in [-0.2, -0.15) is 8.78 Å². The number of ether oxygens (including phenoxy) is 1. The zero-order chi connectivity index (χ0) is 26.9. The minimum absolute atomic E-state index is 0.0250. The average molecular weight is 545 g/mol. The van der Waals surface area contributed by atoms with Gasteiger partial charge in [0, 0.05) is 0 Å². The van der Waals surface area contributed by atoms with Crippen LogP contribution in [0.5, 0.6) is 5.75 Å². The lowest BCUT2D eigenvalue weighted by molar-refractivity contribution is -0.222. The molecule has 0 aliphatic heterocycles. The van der Waals surface area contributed by atoms with Crippen molar-refractivity contribution in [3.63, 3.8) is 0 Å². The van der Waals surface area contributed by atoms with Gasteiger partial charge in [-0.3, -0.25) is 0 Å². The summed E-state index contributed by atoms with van der Waals surface area (Å²) in [5.41, 5.74) is 2.98. The summed E-state index contributed by atoms with van der Waals surface area (Å²) >= 11 is 5.73. The highest BCUT2D eigenvalue weighted by molar-refractivity contribution is 6.30. The van der Waals surface area contributed by atoms with Gasteiger partial charge in [-0.05, 0) is 109 Å². The van der Waals surface area contributed by atoms with Gasteiger partial charge in [-0.15, -0.1) is 0 Å². The summed E-state index contributed by atoms with van der Waals surface area (Å²) in [5, 5.41) is 0.0250. The van der Waals surface area contributed by atoms with E-state index in [1.165, 1.54) is 37.1 Å². The Morgan fingerprint density at radius 3 is 1.97 bits per heavy atom.